The van der Waals surface area contributed by atoms with Gasteiger partial charge in [-0.25, -0.2) is 9.97 Å². The number of rotatable bonds is 5. The van der Waals surface area contributed by atoms with Crippen LogP contribution in [0.25, 0.3) is 0 Å². The number of nitrogens with zero attached hydrogens (tertiary/aromatic N) is 3. The van der Waals surface area contributed by atoms with E-state index in [2.05, 4.69) is 27.2 Å². The molecule has 108 valence electrons. The Kier molecular flexibility index (Phi) is 4.54. The Labute approximate surface area is 123 Å². The van der Waals surface area contributed by atoms with Gasteiger partial charge >= 0.3 is 0 Å². The molecule has 6 heteroatoms. The lowest BCUT2D eigenvalue weighted by molar-refractivity contribution is 0.326. The molecule has 0 saturated carbocycles. The second-order valence-electron chi connectivity index (χ2n) is 4.65. The molecule has 2 heterocycles. The third-order valence-electron chi connectivity index (χ3n) is 2.80. The van der Waals surface area contributed by atoms with Crippen molar-refractivity contribution in [3.8, 4) is 5.88 Å². The van der Waals surface area contributed by atoms with Crippen LogP contribution in [-0.2, 0) is 0 Å². The molecule has 20 heavy (non-hydrogen) atoms. The van der Waals surface area contributed by atoms with Gasteiger partial charge < -0.3 is 10.1 Å². The van der Waals surface area contributed by atoms with Crippen molar-refractivity contribution < 1.29 is 4.74 Å². The van der Waals surface area contributed by atoms with Crippen molar-refractivity contribution in [2.45, 2.75) is 40.7 Å². The quantitative estimate of drug-likeness (QED) is 0.915. The largest absolute Gasteiger partial charge is 0.478 e. The summed E-state index contributed by atoms with van der Waals surface area (Å²) in [5.74, 6) is 1.19. The second kappa shape index (κ2) is 6.17. The van der Waals surface area contributed by atoms with E-state index in [1.165, 1.54) is 4.88 Å². The third-order valence-corrected chi connectivity index (χ3v) is 4.06. The van der Waals surface area contributed by atoms with Crippen LogP contribution >= 0.6 is 11.3 Å². The number of aromatic nitrogens is 3. The smallest absolute Gasteiger partial charge is 0.226 e. The van der Waals surface area contributed by atoms with E-state index >= 15 is 0 Å². The Bertz CT molecular complexity index is 597. The first-order valence-electron chi connectivity index (χ1n) is 6.68. The van der Waals surface area contributed by atoms with Gasteiger partial charge in [-0.1, -0.05) is 0 Å². The molecule has 0 amide bonds. The van der Waals surface area contributed by atoms with Gasteiger partial charge in [0.2, 0.25) is 11.8 Å². The van der Waals surface area contributed by atoms with Crippen LogP contribution in [0, 0.1) is 20.8 Å². The van der Waals surface area contributed by atoms with Crippen molar-refractivity contribution >= 4 is 17.3 Å². The topological polar surface area (TPSA) is 59.9 Å². The summed E-state index contributed by atoms with van der Waals surface area (Å²) in [6.07, 6.45) is 0. The number of nitrogens with one attached hydrogen (secondary N) is 1. The van der Waals surface area contributed by atoms with Crippen LogP contribution in [0.1, 0.15) is 41.2 Å². The standard InChI is InChI=1S/C14H20N4OS/c1-6-19-12-7-8(2)15-14(18-12)17-10(4)13-9(3)16-11(5)20-13/h7,10H,6H2,1-5H3,(H,15,17,18). The summed E-state index contributed by atoms with van der Waals surface area (Å²) in [7, 11) is 0. The fourth-order valence-corrected chi connectivity index (χ4v) is 2.96. The number of ether oxygens (including phenoxy) is 1. The minimum absolute atomic E-state index is 0.123. The predicted molar refractivity (Wildman–Crippen MR) is 81.6 cm³/mol. The summed E-state index contributed by atoms with van der Waals surface area (Å²) in [6, 6.07) is 1.96. The molecule has 0 radical (unpaired) electrons. The molecule has 5 nitrogen and oxygen atoms in total. The molecule has 0 aliphatic rings. The highest BCUT2D eigenvalue weighted by molar-refractivity contribution is 7.11. The highest BCUT2D eigenvalue weighted by Crippen LogP contribution is 2.27. The van der Waals surface area contributed by atoms with Crippen molar-refractivity contribution in [2.75, 3.05) is 11.9 Å². The van der Waals surface area contributed by atoms with E-state index in [1.54, 1.807) is 11.3 Å². The van der Waals surface area contributed by atoms with Gasteiger partial charge in [0.05, 0.1) is 23.4 Å². The maximum Gasteiger partial charge on any atom is 0.226 e. The highest BCUT2D eigenvalue weighted by atomic mass is 32.1. The summed E-state index contributed by atoms with van der Waals surface area (Å²) in [4.78, 5) is 14.4. The molecule has 2 rings (SSSR count). The summed E-state index contributed by atoms with van der Waals surface area (Å²) < 4.78 is 5.44. The van der Waals surface area contributed by atoms with E-state index in [0.717, 1.165) is 16.4 Å². The first-order valence-corrected chi connectivity index (χ1v) is 7.50. The molecule has 0 aromatic carbocycles. The van der Waals surface area contributed by atoms with Gasteiger partial charge in [-0.3, -0.25) is 0 Å². The molecule has 0 spiro atoms. The SMILES string of the molecule is CCOc1cc(C)nc(NC(C)c2sc(C)nc2C)n1. The first kappa shape index (κ1) is 14.7. The van der Waals surface area contributed by atoms with E-state index in [4.69, 9.17) is 4.74 Å². The molecular formula is C14H20N4OS. The van der Waals surface area contributed by atoms with Crippen molar-refractivity contribution in [3.63, 3.8) is 0 Å². The van der Waals surface area contributed by atoms with Crippen molar-refractivity contribution in [3.05, 3.63) is 27.3 Å². The van der Waals surface area contributed by atoms with Crippen LogP contribution < -0.4 is 10.1 Å². The van der Waals surface area contributed by atoms with Crippen LogP contribution in [0.3, 0.4) is 0 Å². The molecule has 2 aromatic rings. The number of hydrogen-bond acceptors (Lipinski definition) is 6. The maximum atomic E-state index is 5.44. The van der Waals surface area contributed by atoms with Crippen LogP contribution in [0.15, 0.2) is 6.07 Å². The van der Waals surface area contributed by atoms with Crippen LogP contribution in [0.2, 0.25) is 0 Å². The molecule has 2 aromatic heterocycles. The maximum absolute atomic E-state index is 5.44. The summed E-state index contributed by atoms with van der Waals surface area (Å²) in [5, 5.41) is 4.40. The van der Waals surface area contributed by atoms with E-state index in [-0.39, 0.29) is 6.04 Å². The van der Waals surface area contributed by atoms with Gasteiger partial charge in [-0.15, -0.1) is 11.3 Å². The third kappa shape index (κ3) is 3.45. The molecule has 0 bridgehead atoms. The minimum atomic E-state index is 0.123. The fraction of sp³-hybridized carbons (Fsp3) is 0.500. The summed E-state index contributed by atoms with van der Waals surface area (Å²) >= 11 is 1.70. The van der Waals surface area contributed by atoms with Crippen LogP contribution in [0.5, 0.6) is 5.88 Å². The monoisotopic (exact) mass is 292 g/mol. The van der Waals surface area contributed by atoms with E-state index < -0.39 is 0 Å². The average molecular weight is 292 g/mol. The Morgan fingerprint density at radius 3 is 2.60 bits per heavy atom. The van der Waals surface area contributed by atoms with E-state index in [1.807, 2.05) is 33.8 Å². The number of anilines is 1. The van der Waals surface area contributed by atoms with Crippen molar-refractivity contribution in [1.29, 1.82) is 0 Å². The number of thiazole rings is 1. The highest BCUT2D eigenvalue weighted by Gasteiger charge is 2.14. The molecule has 0 aliphatic heterocycles. The van der Waals surface area contributed by atoms with E-state index in [0.29, 0.717) is 18.4 Å². The second-order valence-corrected chi connectivity index (χ2v) is 5.89. The van der Waals surface area contributed by atoms with Gasteiger partial charge in [0.25, 0.3) is 0 Å². The molecule has 1 N–H and O–H groups in total. The fourth-order valence-electron chi connectivity index (χ4n) is 2.03. The Balaban J connectivity index is 2.18. The number of hydrogen-bond donors (Lipinski definition) is 1. The normalized spacial score (nSPS) is 12.2. The van der Waals surface area contributed by atoms with Gasteiger partial charge in [-0.05, 0) is 34.6 Å². The van der Waals surface area contributed by atoms with Crippen LogP contribution in [-0.4, -0.2) is 21.6 Å². The lowest BCUT2D eigenvalue weighted by Gasteiger charge is -2.14. The lowest BCUT2D eigenvalue weighted by atomic mass is 10.2. The molecule has 1 atom stereocenters. The number of aryl methyl sites for hydroxylation is 3. The summed E-state index contributed by atoms with van der Waals surface area (Å²) in [6.45, 7) is 10.6. The minimum Gasteiger partial charge on any atom is -0.478 e. The van der Waals surface area contributed by atoms with Gasteiger partial charge in [0.15, 0.2) is 0 Å². The zero-order chi connectivity index (χ0) is 14.7. The van der Waals surface area contributed by atoms with Crippen molar-refractivity contribution in [1.82, 2.24) is 15.0 Å². The molecular weight excluding hydrogens is 272 g/mol. The zero-order valence-corrected chi connectivity index (χ0v) is 13.3. The van der Waals surface area contributed by atoms with Crippen LogP contribution in [0.4, 0.5) is 5.95 Å². The summed E-state index contributed by atoms with van der Waals surface area (Å²) in [5.41, 5.74) is 1.94. The van der Waals surface area contributed by atoms with Gasteiger partial charge in [0.1, 0.15) is 0 Å². The Morgan fingerprint density at radius 1 is 1.25 bits per heavy atom. The van der Waals surface area contributed by atoms with E-state index in [9.17, 15) is 0 Å². The Morgan fingerprint density at radius 2 is 2.00 bits per heavy atom. The molecule has 0 fully saturated rings. The molecule has 0 aliphatic carbocycles. The molecule has 0 saturated heterocycles. The van der Waals surface area contributed by atoms with Gasteiger partial charge in [0, 0.05) is 16.6 Å². The zero-order valence-electron chi connectivity index (χ0n) is 12.5. The Hall–Kier alpha value is -1.69. The predicted octanol–water partition coefficient (Wildman–Crippen LogP) is 3.43. The first-order chi connectivity index (χ1) is 9.49. The van der Waals surface area contributed by atoms with Gasteiger partial charge in [-0.2, -0.15) is 4.98 Å². The molecule has 1 unspecified atom stereocenters. The van der Waals surface area contributed by atoms with Crippen molar-refractivity contribution in [2.24, 2.45) is 0 Å². The lowest BCUT2D eigenvalue weighted by Crippen LogP contribution is -2.10. The average Bonchev–Trinajstić information content (AvgIpc) is 2.68.